The Morgan fingerprint density at radius 2 is 1.75 bits per heavy atom. The van der Waals surface area contributed by atoms with Crippen LogP contribution >= 0.6 is 15.9 Å². The zero-order valence-electron chi connectivity index (χ0n) is 1.68. The molecule has 1 nitrogen and oxygen atoms in total. The number of halogens is 1. The van der Waals surface area contributed by atoms with Crippen LogP contribution in [-0.2, 0) is 22.4 Å². The zero-order chi connectivity index (χ0) is 2.71. The van der Waals surface area contributed by atoms with Crippen LogP contribution in [0.2, 0.25) is 0 Å². The molecule has 0 aromatic rings. The maximum atomic E-state index is 5.88. The van der Waals surface area contributed by atoms with Crippen molar-refractivity contribution >= 4 is 21.1 Å². The van der Waals surface area contributed by atoms with E-state index in [-0.39, 0.29) is 22.4 Å². The average Bonchev–Trinajstić information content (AvgIpc) is 0.918. The van der Waals surface area contributed by atoms with E-state index in [2.05, 4.69) is 15.9 Å². The van der Waals surface area contributed by atoms with Crippen LogP contribution in [0.5, 0.6) is 0 Å². The van der Waals surface area contributed by atoms with Gasteiger partial charge < -0.3 is 26.5 Å². The Hall–Kier alpha value is 0.890. The van der Waals surface area contributed by atoms with Crippen molar-refractivity contribution in [1.29, 1.82) is 5.41 Å². The molecule has 4 heavy (non-hydrogen) atoms. The van der Waals surface area contributed by atoms with Crippen LogP contribution in [0.25, 0.3) is 0 Å². The Morgan fingerprint density at radius 1 is 1.75 bits per heavy atom. The van der Waals surface area contributed by atoms with Crippen molar-refractivity contribution < 1.29 is 22.4 Å². The average molecular weight is 304 g/mol. The smallest absolute Gasteiger partial charge is 0.508 e. The number of hydrogen-bond acceptors (Lipinski definition) is 1. The van der Waals surface area contributed by atoms with Gasteiger partial charge in [0.1, 0.15) is 0 Å². The fraction of sp³-hybridized carbons (Fsp3) is 0. The number of rotatable bonds is 0. The molecule has 0 aliphatic carbocycles. The Morgan fingerprint density at radius 3 is 1.75 bits per heavy atom. The second-order valence-electron chi connectivity index (χ2n) is 0.0945. The predicted molar refractivity (Wildman–Crippen MR) is 16.7 cm³/mol. The molecule has 0 unspecified atom stereocenters. The van der Waals surface area contributed by atoms with Gasteiger partial charge in [-0.3, -0.25) is 0 Å². The molecule has 0 aliphatic rings. The molecule has 0 radical (unpaired) electrons. The summed E-state index contributed by atoms with van der Waals surface area (Å²) >= 11 is 2.56. The molecule has 0 bridgehead atoms. The summed E-state index contributed by atoms with van der Waals surface area (Å²) < 4.78 is 0. The Kier molecular flexibility index (Phi) is 20.1. The Labute approximate surface area is 48.9 Å². The summed E-state index contributed by atoms with van der Waals surface area (Å²) in [6.45, 7) is 0. The summed E-state index contributed by atoms with van der Waals surface area (Å²) in [5.74, 6) is 0. The van der Waals surface area contributed by atoms with Crippen LogP contribution < -0.4 is 0 Å². The van der Waals surface area contributed by atoms with E-state index in [1.807, 2.05) is 5.12 Å². The van der Waals surface area contributed by atoms with E-state index in [9.17, 15) is 0 Å². The molecule has 0 saturated heterocycles. The van der Waals surface area contributed by atoms with Crippen molar-refractivity contribution in [2.24, 2.45) is 0 Å². The molecule has 28 valence electrons. The number of nitrogens with one attached hydrogen (secondary N) is 1. The fourth-order valence-corrected chi connectivity index (χ4v) is 0. The Bertz CT molecular complexity index is 15.5. The molecular weight excluding hydrogens is 303 g/mol. The fourth-order valence-electron chi connectivity index (χ4n) is 0. The molecule has 0 heterocycles. The van der Waals surface area contributed by atoms with Gasteiger partial charge in [0, 0.05) is 0 Å². The largest absolute Gasteiger partial charge is 1.00 e. The Balaban J connectivity index is 0. The molecule has 0 aliphatic heterocycles. The van der Waals surface area contributed by atoms with E-state index in [4.69, 9.17) is 5.41 Å². The molecular formula is CHAuBrN. The summed E-state index contributed by atoms with van der Waals surface area (Å²) in [7, 11) is 0. The van der Waals surface area contributed by atoms with E-state index >= 15 is 0 Å². The molecule has 0 aromatic heterocycles. The van der Waals surface area contributed by atoms with Gasteiger partial charge in [0.05, 0.1) is 0 Å². The minimum Gasteiger partial charge on any atom is -0.508 e. The topological polar surface area (TPSA) is 23.9 Å². The van der Waals surface area contributed by atoms with Crippen molar-refractivity contribution in [3.63, 3.8) is 0 Å². The summed E-state index contributed by atoms with van der Waals surface area (Å²) in [6.07, 6.45) is 0. The first-order valence-corrected chi connectivity index (χ1v) is 1.23. The molecule has 0 spiro atoms. The monoisotopic (exact) mass is 303 g/mol. The molecule has 0 rings (SSSR count). The minimum atomic E-state index is 0. The van der Waals surface area contributed by atoms with E-state index < -0.39 is 0 Å². The summed E-state index contributed by atoms with van der Waals surface area (Å²) in [4.78, 5) is 0. The SMILES string of the molecule is N=[C-]Br.[Au+]. The van der Waals surface area contributed by atoms with E-state index in [0.29, 0.717) is 0 Å². The van der Waals surface area contributed by atoms with Crippen molar-refractivity contribution in [1.82, 2.24) is 0 Å². The van der Waals surface area contributed by atoms with Gasteiger partial charge in [0.25, 0.3) is 0 Å². The predicted octanol–water partition coefficient (Wildman–Crippen LogP) is 0.863. The van der Waals surface area contributed by atoms with Crippen LogP contribution in [0, 0.1) is 5.41 Å². The normalized spacial score (nSPS) is 3.25. The van der Waals surface area contributed by atoms with Gasteiger partial charge in [-0.05, 0) is 0 Å². The van der Waals surface area contributed by atoms with Crippen molar-refractivity contribution in [3.05, 3.63) is 0 Å². The zero-order valence-corrected chi connectivity index (χ0v) is 5.43. The van der Waals surface area contributed by atoms with Crippen LogP contribution in [0.1, 0.15) is 0 Å². The van der Waals surface area contributed by atoms with E-state index in [1.165, 1.54) is 0 Å². The third-order valence-corrected chi connectivity index (χ3v) is 0. The van der Waals surface area contributed by atoms with Crippen molar-refractivity contribution in [3.8, 4) is 0 Å². The van der Waals surface area contributed by atoms with Crippen LogP contribution in [0.4, 0.5) is 0 Å². The van der Waals surface area contributed by atoms with Crippen LogP contribution in [0.15, 0.2) is 0 Å². The van der Waals surface area contributed by atoms with Gasteiger partial charge in [-0.1, -0.05) is 0 Å². The molecule has 0 fully saturated rings. The van der Waals surface area contributed by atoms with Crippen molar-refractivity contribution in [2.45, 2.75) is 0 Å². The third-order valence-electron chi connectivity index (χ3n) is 0. The molecule has 0 amide bonds. The van der Waals surface area contributed by atoms with Gasteiger partial charge in [-0.15, -0.1) is 0 Å². The van der Waals surface area contributed by atoms with Crippen LogP contribution in [0.3, 0.4) is 0 Å². The minimum absolute atomic E-state index is 0. The first-order chi connectivity index (χ1) is 1.41. The number of hydrogen-bond donors (Lipinski definition) is 1. The second-order valence-corrected chi connectivity index (χ2v) is 0.491. The van der Waals surface area contributed by atoms with E-state index in [0.717, 1.165) is 0 Å². The first-order valence-electron chi connectivity index (χ1n) is 0.439. The van der Waals surface area contributed by atoms with Gasteiger partial charge in [-0.25, -0.2) is 0 Å². The van der Waals surface area contributed by atoms with Gasteiger partial charge in [0.2, 0.25) is 0 Å². The third kappa shape index (κ3) is 13.0. The van der Waals surface area contributed by atoms with Crippen LogP contribution in [-0.4, -0.2) is 5.12 Å². The van der Waals surface area contributed by atoms with Gasteiger partial charge in [-0.2, -0.15) is 0 Å². The molecule has 0 aromatic carbocycles. The summed E-state index contributed by atoms with van der Waals surface area (Å²) in [5.41, 5.74) is 0. The molecule has 0 atom stereocenters. The summed E-state index contributed by atoms with van der Waals surface area (Å²) in [6, 6.07) is 0. The summed E-state index contributed by atoms with van der Waals surface area (Å²) in [5, 5.41) is 7.69. The first kappa shape index (κ1) is 8.86. The maximum absolute atomic E-state index is 5.88. The molecule has 3 heteroatoms. The second kappa shape index (κ2) is 9.10. The quantitative estimate of drug-likeness (QED) is 0.390. The standard InChI is InChI=1S/CHBrN.Au/c2-1-3;/h3H;/q-1;+1. The molecule has 0 saturated carbocycles. The van der Waals surface area contributed by atoms with E-state index in [1.54, 1.807) is 0 Å². The van der Waals surface area contributed by atoms with Crippen molar-refractivity contribution in [2.75, 3.05) is 0 Å². The molecule has 1 N–H and O–H groups in total. The van der Waals surface area contributed by atoms with Gasteiger partial charge in [0.15, 0.2) is 0 Å². The van der Waals surface area contributed by atoms with Gasteiger partial charge >= 0.3 is 22.4 Å². The maximum Gasteiger partial charge on any atom is 1.00 e.